The molecule has 3 amide bonds. The number of hydrogen-bond donors (Lipinski definition) is 3. The van der Waals surface area contributed by atoms with Crippen molar-refractivity contribution in [3.05, 3.63) is 0 Å². The maximum atomic E-state index is 12.0. The fraction of sp³-hybridized carbons (Fsp3) is 0.727. The number of nitrogens with one attached hydrogen (secondary N) is 2. The van der Waals surface area contributed by atoms with Crippen molar-refractivity contribution in [2.24, 2.45) is 5.41 Å². The second-order valence-corrected chi connectivity index (χ2v) is 5.48. The first-order chi connectivity index (χ1) is 8.31. The van der Waals surface area contributed by atoms with Crippen LogP contribution in [0.5, 0.6) is 0 Å². The molecule has 2 atom stereocenters. The summed E-state index contributed by atoms with van der Waals surface area (Å²) in [5.41, 5.74) is 0.0619. The molecule has 7 heteroatoms. The van der Waals surface area contributed by atoms with E-state index in [1.165, 1.54) is 0 Å². The summed E-state index contributed by atoms with van der Waals surface area (Å²) in [6.45, 7) is 3.79. The highest BCUT2D eigenvalue weighted by molar-refractivity contribution is 5.90. The van der Waals surface area contributed by atoms with Crippen LogP contribution in [0.1, 0.15) is 20.3 Å². The van der Waals surface area contributed by atoms with Crippen LogP contribution in [0.15, 0.2) is 0 Å². The van der Waals surface area contributed by atoms with Gasteiger partial charge in [0.05, 0.1) is 0 Å². The highest BCUT2D eigenvalue weighted by Gasteiger charge is 2.48. The van der Waals surface area contributed by atoms with Crippen LogP contribution in [0.2, 0.25) is 0 Å². The fourth-order valence-electron chi connectivity index (χ4n) is 2.02. The van der Waals surface area contributed by atoms with E-state index in [-0.39, 0.29) is 30.5 Å². The Kier molecular flexibility index (Phi) is 2.92. The van der Waals surface area contributed by atoms with Crippen LogP contribution in [-0.2, 0) is 9.59 Å². The summed E-state index contributed by atoms with van der Waals surface area (Å²) in [5.74, 6) is -1.45. The van der Waals surface area contributed by atoms with Crippen molar-refractivity contribution in [2.75, 3.05) is 13.1 Å². The molecule has 2 rings (SSSR count). The van der Waals surface area contributed by atoms with Gasteiger partial charge in [0.15, 0.2) is 0 Å². The van der Waals surface area contributed by atoms with E-state index in [4.69, 9.17) is 5.11 Å². The lowest BCUT2D eigenvalue weighted by molar-refractivity contribution is -0.144. The maximum absolute atomic E-state index is 12.0. The first-order valence-electron chi connectivity index (χ1n) is 5.88. The quantitative estimate of drug-likeness (QED) is 0.612. The Morgan fingerprint density at radius 2 is 2.11 bits per heavy atom. The van der Waals surface area contributed by atoms with Crippen LogP contribution >= 0.6 is 0 Å². The molecule has 100 valence electrons. The van der Waals surface area contributed by atoms with Gasteiger partial charge in [0.25, 0.3) is 0 Å². The summed E-state index contributed by atoms with van der Waals surface area (Å²) >= 11 is 0. The molecule has 2 fully saturated rings. The zero-order valence-corrected chi connectivity index (χ0v) is 10.4. The van der Waals surface area contributed by atoms with E-state index in [0.717, 1.165) is 11.3 Å². The molecule has 7 nitrogen and oxygen atoms in total. The SMILES string of the molecule is CC1(C)CC1NC(=O)N1CC(=O)NCC1C(=O)O. The standard InChI is InChI=1S/C11H17N3O4/c1-11(2)3-7(11)13-10(18)14-5-8(15)12-4-6(14)9(16)17/h6-7H,3-5H2,1-2H3,(H,12,15)(H,13,18)(H,16,17). The van der Waals surface area contributed by atoms with Gasteiger partial charge in [-0.3, -0.25) is 9.69 Å². The predicted octanol–water partition coefficient (Wildman–Crippen LogP) is -0.620. The van der Waals surface area contributed by atoms with Gasteiger partial charge < -0.3 is 15.7 Å². The first-order valence-corrected chi connectivity index (χ1v) is 5.88. The van der Waals surface area contributed by atoms with Crippen molar-refractivity contribution >= 4 is 17.9 Å². The van der Waals surface area contributed by atoms with E-state index >= 15 is 0 Å². The molecule has 18 heavy (non-hydrogen) atoms. The second-order valence-electron chi connectivity index (χ2n) is 5.48. The number of carbonyl (C=O) groups is 3. The number of aliphatic carboxylic acids is 1. The minimum atomic E-state index is -1.11. The van der Waals surface area contributed by atoms with Crippen LogP contribution < -0.4 is 10.6 Å². The van der Waals surface area contributed by atoms with E-state index in [0.29, 0.717) is 0 Å². The number of amides is 3. The zero-order chi connectivity index (χ0) is 13.5. The molecular weight excluding hydrogens is 238 g/mol. The summed E-state index contributed by atoms with van der Waals surface area (Å²) < 4.78 is 0. The van der Waals surface area contributed by atoms with E-state index in [1.807, 2.05) is 13.8 Å². The van der Waals surface area contributed by atoms with Crippen molar-refractivity contribution in [1.82, 2.24) is 15.5 Å². The van der Waals surface area contributed by atoms with Gasteiger partial charge in [-0.15, -0.1) is 0 Å². The van der Waals surface area contributed by atoms with Gasteiger partial charge in [-0.1, -0.05) is 13.8 Å². The molecule has 1 saturated carbocycles. The molecule has 0 bridgehead atoms. The summed E-state index contributed by atoms with van der Waals surface area (Å²) in [5, 5.41) is 14.2. The molecule has 0 aromatic heterocycles. The zero-order valence-electron chi connectivity index (χ0n) is 10.4. The second kappa shape index (κ2) is 4.15. The van der Waals surface area contributed by atoms with Gasteiger partial charge in [0.2, 0.25) is 5.91 Å². The summed E-state index contributed by atoms with van der Waals surface area (Å²) in [7, 11) is 0. The van der Waals surface area contributed by atoms with Gasteiger partial charge in [0, 0.05) is 12.6 Å². The van der Waals surface area contributed by atoms with Crippen LogP contribution in [0.4, 0.5) is 4.79 Å². The maximum Gasteiger partial charge on any atom is 0.328 e. The molecule has 0 spiro atoms. The molecule has 0 aromatic rings. The molecule has 1 heterocycles. The Balaban J connectivity index is 2.01. The molecule has 1 aliphatic heterocycles. The number of urea groups is 1. The Hall–Kier alpha value is -1.79. The summed E-state index contributed by atoms with van der Waals surface area (Å²) in [6, 6.07) is -1.41. The number of rotatable bonds is 2. The van der Waals surface area contributed by atoms with Crippen molar-refractivity contribution in [3.8, 4) is 0 Å². The monoisotopic (exact) mass is 255 g/mol. The lowest BCUT2D eigenvalue weighted by Crippen LogP contribution is -2.61. The van der Waals surface area contributed by atoms with E-state index in [2.05, 4.69) is 10.6 Å². The lowest BCUT2D eigenvalue weighted by Gasteiger charge is -2.32. The van der Waals surface area contributed by atoms with Crippen LogP contribution in [-0.4, -0.2) is 53.1 Å². The Morgan fingerprint density at radius 3 is 2.61 bits per heavy atom. The lowest BCUT2D eigenvalue weighted by atomic mass is 10.2. The van der Waals surface area contributed by atoms with E-state index < -0.39 is 18.0 Å². The number of carboxylic acid groups (broad SMARTS) is 1. The number of carboxylic acids is 1. The number of nitrogens with zero attached hydrogens (tertiary/aromatic N) is 1. The topological polar surface area (TPSA) is 98.7 Å². The van der Waals surface area contributed by atoms with Crippen molar-refractivity contribution in [2.45, 2.75) is 32.4 Å². The van der Waals surface area contributed by atoms with E-state index in [9.17, 15) is 14.4 Å². The third-order valence-electron chi connectivity index (χ3n) is 3.54. The molecule has 2 aliphatic rings. The highest BCUT2D eigenvalue weighted by atomic mass is 16.4. The highest BCUT2D eigenvalue weighted by Crippen LogP contribution is 2.44. The molecule has 2 unspecified atom stereocenters. The van der Waals surface area contributed by atoms with Crippen LogP contribution in [0.3, 0.4) is 0 Å². The minimum Gasteiger partial charge on any atom is -0.480 e. The fourth-order valence-corrected chi connectivity index (χ4v) is 2.02. The third-order valence-corrected chi connectivity index (χ3v) is 3.54. The minimum absolute atomic E-state index is 0.0460. The smallest absolute Gasteiger partial charge is 0.328 e. The van der Waals surface area contributed by atoms with Crippen LogP contribution in [0.25, 0.3) is 0 Å². The first kappa shape index (κ1) is 12.7. The Morgan fingerprint density at radius 1 is 1.50 bits per heavy atom. The van der Waals surface area contributed by atoms with Gasteiger partial charge >= 0.3 is 12.0 Å². The van der Waals surface area contributed by atoms with E-state index in [1.54, 1.807) is 0 Å². The normalized spacial score (nSPS) is 29.4. The van der Waals surface area contributed by atoms with Crippen molar-refractivity contribution in [1.29, 1.82) is 0 Å². The average Bonchev–Trinajstić information content (AvgIpc) is 2.85. The van der Waals surface area contributed by atoms with Crippen molar-refractivity contribution in [3.63, 3.8) is 0 Å². The summed E-state index contributed by atoms with van der Waals surface area (Å²) in [6.07, 6.45) is 0.872. The van der Waals surface area contributed by atoms with Gasteiger partial charge in [0.1, 0.15) is 12.6 Å². The van der Waals surface area contributed by atoms with Crippen LogP contribution in [0, 0.1) is 5.41 Å². The van der Waals surface area contributed by atoms with Gasteiger partial charge in [-0.05, 0) is 11.8 Å². The Labute approximate surface area is 105 Å². The van der Waals surface area contributed by atoms with Gasteiger partial charge in [-0.2, -0.15) is 0 Å². The molecule has 1 aliphatic carbocycles. The largest absolute Gasteiger partial charge is 0.480 e. The average molecular weight is 255 g/mol. The molecule has 0 radical (unpaired) electrons. The molecular formula is C11H17N3O4. The number of hydrogen-bond acceptors (Lipinski definition) is 3. The summed E-state index contributed by atoms with van der Waals surface area (Å²) in [4.78, 5) is 35.3. The number of carbonyl (C=O) groups excluding carboxylic acids is 2. The van der Waals surface area contributed by atoms with Crippen molar-refractivity contribution < 1.29 is 19.5 Å². The Bertz CT molecular complexity index is 407. The predicted molar refractivity (Wildman–Crippen MR) is 61.9 cm³/mol. The molecule has 3 N–H and O–H groups in total. The third kappa shape index (κ3) is 2.39. The molecule has 1 saturated heterocycles. The number of piperazine rings is 1. The molecule has 0 aromatic carbocycles. The van der Waals surface area contributed by atoms with Gasteiger partial charge in [-0.25, -0.2) is 9.59 Å².